The molecule has 4 amide bonds. The van der Waals surface area contributed by atoms with E-state index in [0.29, 0.717) is 5.56 Å². The number of carboxylic acids is 3. The average Bonchev–Trinajstić information content (AvgIpc) is 0.929. The van der Waals surface area contributed by atoms with Gasteiger partial charge in [0.15, 0.2) is 23.1 Å². The standard InChI is InChI=1S/C68H86N6O16/c1-7-52(77)60(38(6)75)72-68(89)48(36(2)3)33-45(76)35-69-65(86)44(32-56(82)83)31-54(79)59(37(4)5)71-67(88)43(21-22-55(80)81)30-53(78)51(34-57(84)85)70-66(87)42-18-12-17-39(27-42)58-49-28-40-15-8-10-23-73-25-13-19-46(61(40)73)63(49)90-64-47-20-14-26-74-24-11-9-16-41(62(47)74)29-50(58)64/h12,17-18,27-29,36-38,43-44,48,51,59-60,75H,7-11,13-16,19-26,30-35H2,1-6H3,(H6-,69,70,71,72,80,81,82,83,84,85,86,87,88,89)/p+1/t38-,43-,44+,48+,51+,59+,60+/m1/s1. The predicted molar refractivity (Wildman–Crippen MR) is 331 cm³/mol. The van der Waals surface area contributed by atoms with Gasteiger partial charge in [0.05, 0.1) is 49.1 Å². The van der Waals surface area contributed by atoms with E-state index in [4.69, 9.17) is 4.74 Å². The predicted octanol–water partition coefficient (Wildman–Crippen LogP) is 4.30. The van der Waals surface area contributed by atoms with Gasteiger partial charge in [-0.25, -0.2) is 4.58 Å². The van der Waals surface area contributed by atoms with Crippen molar-refractivity contribution in [3.8, 4) is 11.5 Å². The van der Waals surface area contributed by atoms with Crippen molar-refractivity contribution in [2.75, 3.05) is 37.6 Å². The maximum absolute atomic E-state index is 14.6. The zero-order chi connectivity index (χ0) is 65.2. The SMILES string of the molecule is CCC(=O)[C@@H](NC(=O)[C@@H](CC(=O)CNC(=O)[C@H](CC(=O)O)CC(=O)[C@@H](NC(=O)[C@H](CCC(=O)O)CC(=O)[C@H](CC(=O)O)NC(=O)c1cccc(C2=c3cc4c5c(c3Oc3c2cc2c6c3CCCN6CCCC2)CCC[N+]=5CCCC4)c1)C(C)C)C(C)C)[C@@H](C)O. The maximum atomic E-state index is 14.6. The molecule has 8 rings (SSSR count). The van der Waals surface area contributed by atoms with E-state index >= 15 is 0 Å². The second-order valence-electron chi connectivity index (χ2n) is 25.6. The number of aryl methyl sites for hydroxylation is 2. The van der Waals surface area contributed by atoms with Crippen molar-refractivity contribution in [3.05, 3.63) is 85.9 Å². The highest BCUT2D eigenvalue weighted by Crippen LogP contribution is 2.48. The molecule has 0 aromatic heterocycles. The topological polar surface area (TPSA) is 332 Å². The Morgan fingerprint density at radius 3 is 1.99 bits per heavy atom. The second kappa shape index (κ2) is 30.1. The summed E-state index contributed by atoms with van der Waals surface area (Å²) in [4.78, 5) is 149. The number of Topliss-reactive ketones (excluding diaryl/α,β-unsaturated/α-hetero) is 4. The summed E-state index contributed by atoms with van der Waals surface area (Å²) in [6.07, 6.45) is 3.76. The molecule has 0 spiro atoms. The molecule has 5 aliphatic heterocycles. The van der Waals surface area contributed by atoms with Crippen LogP contribution in [0, 0.1) is 29.6 Å². The minimum atomic E-state index is -1.70. The number of fused-ring (bicyclic) bond motifs is 4. The maximum Gasteiger partial charge on any atom is 0.305 e. The lowest BCUT2D eigenvalue weighted by Crippen LogP contribution is -2.50. The van der Waals surface area contributed by atoms with Gasteiger partial charge in [0.1, 0.15) is 30.6 Å². The first kappa shape index (κ1) is 67.8. The Labute approximate surface area is 523 Å². The number of ketones is 4. The monoisotopic (exact) mass is 1240 g/mol. The summed E-state index contributed by atoms with van der Waals surface area (Å²) in [5.41, 5.74) is 8.81. The van der Waals surface area contributed by atoms with Crippen LogP contribution in [0.3, 0.4) is 0 Å². The van der Waals surface area contributed by atoms with Gasteiger partial charge in [-0.15, -0.1) is 0 Å². The van der Waals surface area contributed by atoms with Gasteiger partial charge < -0.3 is 51.3 Å². The van der Waals surface area contributed by atoms with Crippen molar-refractivity contribution in [3.63, 3.8) is 0 Å². The molecule has 22 heteroatoms. The van der Waals surface area contributed by atoms with Crippen LogP contribution in [-0.4, -0.2) is 142 Å². The third kappa shape index (κ3) is 16.1. The molecule has 22 nitrogen and oxygen atoms in total. The van der Waals surface area contributed by atoms with Crippen molar-refractivity contribution in [1.29, 1.82) is 0 Å². The molecule has 0 saturated carbocycles. The molecule has 0 bridgehead atoms. The lowest BCUT2D eigenvalue weighted by molar-refractivity contribution is -0.143. The number of carboxylic acid groups (broad SMARTS) is 3. The number of carbonyl (C=O) groups excluding carboxylic acids is 8. The highest BCUT2D eigenvalue weighted by molar-refractivity contribution is 6.02. The van der Waals surface area contributed by atoms with Crippen LogP contribution in [0.15, 0.2) is 36.4 Å². The summed E-state index contributed by atoms with van der Waals surface area (Å²) >= 11 is 0. The number of benzene rings is 3. The average molecular weight is 1240 g/mol. The third-order valence-corrected chi connectivity index (χ3v) is 18.3. The molecule has 0 radical (unpaired) electrons. The highest BCUT2D eigenvalue weighted by Gasteiger charge is 2.39. The minimum absolute atomic E-state index is 0.0359. The molecule has 7 atom stereocenters. The zero-order valence-corrected chi connectivity index (χ0v) is 52.5. The van der Waals surface area contributed by atoms with E-state index in [2.05, 4.69) is 42.9 Å². The van der Waals surface area contributed by atoms with Crippen LogP contribution in [0.2, 0.25) is 0 Å². The number of anilines is 1. The number of aliphatic hydroxyl groups excluding tert-OH is 1. The molecule has 3 aromatic carbocycles. The Kier molecular flexibility index (Phi) is 22.7. The third-order valence-electron chi connectivity index (χ3n) is 18.3. The Hall–Kier alpha value is -8.14. The Morgan fingerprint density at radius 1 is 0.622 bits per heavy atom. The molecule has 5 heterocycles. The van der Waals surface area contributed by atoms with Gasteiger partial charge in [0, 0.05) is 109 Å². The molecule has 0 fully saturated rings. The van der Waals surface area contributed by atoms with E-state index in [0.717, 1.165) is 118 Å². The number of hydrogen-bond donors (Lipinski definition) is 8. The summed E-state index contributed by atoms with van der Waals surface area (Å²) in [7, 11) is 0. The first-order valence-electron chi connectivity index (χ1n) is 32.0. The van der Waals surface area contributed by atoms with Gasteiger partial charge in [0.2, 0.25) is 23.1 Å². The Morgan fingerprint density at radius 2 is 1.30 bits per heavy atom. The lowest BCUT2D eigenvalue weighted by Gasteiger charge is -2.35. The number of nitrogens with zero attached hydrogens (tertiary/aromatic N) is 2. The van der Waals surface area contributed by atoms with Crippen LogP contribution in [0.5, 0.6) is 11.5 Å². The smallest absolute Gasteiger partial charge is 0.305 e. The Bertz CT molecular complexity index is 3480. The van der Waals surface area contributed by atoms with E-state index in [1.54, 1.807) is 52.8 Å². The summed E-state index contributed by atoms with van der Waals surface area (Å²) in [6.45, 7) is 12.6. The minimum Gasteiger partial charge on any atom is -0.481 e. The fraction of sp³-hybridized carbons (Fsp3) is 0.559. The number of nitrogens with one attached hydrogen (secondary N) is 4. The molecule has 5 aliphatic rings. The first-order valence-corrected chi connectivity index (χ1v) is 32.0. The van der Waals surface area contributed by atoms with E-state index < -0.39 is 170 Å². The van der Waals surface area contributed by atoms with Gasteiger partial charge in [-0.3, -0.25) is 52.7 Å². The molecule has 90 heavy (non-hydrogen) atoms. The van der Waals surface area contributed by atoms with E-state index in [-0.39, 0.29) is 12.0 Å². The van der Waals surface area contributed by atoms with Crippen LogP contribution in [0.25, 0.3) is 5.57 Å². The summed E-state index contributed by atoms with van der Waals surface area (Å²) in [5.74, 6) is -13.9. The normalized spacial score (nSPS) is 17.1. The molecule has 484 valence electrons. The number of amides is 4. The number of rotatable bonds is 30. The number of aliphatic carboxylic acids is 3. The van der Waals surface area contributed by atoms with Crippen molar-refractivity contribution >= 4 is 75.9 Å². The molecule has 0 unspecified atom stereocenters. The van der Waals surface area contributed by atoms with Crippen molar-refractivity contribution in [1.82, 2.24) is 25.8 Å². The van der Waals surface area contributed by atoms with Crippen molar-refractivity contribution in [2.24, 2.45) is 29.6 Å². The van der Waals surface area contributed by atoms with Gasteiger partial charge in [0.25, 0.3) is 5.91 Å². The lowest BCUT2D eigenvalue weighted by atomic mass is 9.84. The van der Waals surface area contributed by atoms with Crippen LogP contribution in [0.4, 0.5) is 5.69 Å². The number of hydrogen-bond acceptors (Lipinski definition) is 14. The van der Waals surface area contributed by atoms with Gasteiger partial charge >= 0.3 is 17.9 Å². The van der Waals surface area contributed by atoms with Crippen molar-refractivity contribution < 1.29 is 77.9 Å². The molecule has 0 aliphatic carbocycles. The van der Waals surface area contributed by atoms with Gasteiger partial charge in [-0.05, 0) is 112 Å². The summed E-state index contributed by atoms with van der Waals surface area (Å²) < 4.78 is 9.77. The number of carbonyl (C=O) groups is 11. The molecule has 8 N–H and O–H groups in total. The van der Waals surface area contributed by atoms with Gasteiger partial charge in [-0.1, -0.05) is 46.8 Å². The zero-order valence-electron chi connectivity index (χ0n) is 52.5. The molecular formula is C68H87N6O16+. The fourth-order valence-electron chi connectivity index (χ4n) is 13.6. The van der Waals surface area contributed by atoms with Crippen LogP contribution >= 0.6 is 0 Å². The van der Waals surface area contributed by atoms with E-state index in [1.807, 2.05) is 6.07 Å². The molecule has 3 aromatic rings. The summed E-state index contributed by atoms with van der Waals surface area (Å²) in [6, 6.07) is 7.17. The number of aliphatic hydroxyl groups is 1. The highest BCUT2D eigenvalue weighted by atomic mass is 16.5. The Balaban J connectivity index is 1.01. The van der Waals surface area contributed by atoms with Crippen LogP contribution in [0.1, 0.15) is 175 Å². The summed E-state index contributed by atoms with van der Waals surface area (Å²) in [5, 5.41) is 52.1. The first-order chi connectivity index (χ1) is 42.8. The number of ether oxygens (including phenoxy) is 1. The largest absolute Gasteiger partial charge is 0.481 e. The van der Waals surface area contributed by atoms with E-state index in [9.17, 15) is 73.2 Å². The quantitative estimate of drug-likeness (QED) is 0.0337. The van der Waals surface area contributed by atoms with Crippen LogP contribution < -0.4 is 46.1 Å². The van der Waals surface area contributed by atoms with E-state index in [1.165, 1.54) is 40.2 Å². The second-order valence-corrected chi connectivity index (χ2v) is 25.6. The van der Waals surface area contributed by atoms with Crippen LogP contribution in [-0.2, 0) is 73.6 Å². The fourth-order valence-corrected chi connectivity index (χ4v) is 13.6. The van der Waals surface area contributed by atoms with Crippen molar-refractivity contribution in [2.45, 2.75) is 181 Å². The molecule has 0 saturated heterocycles. The van der Waals surface area contributed by atoms with Gasteiger partial charge in [-0.2, -0.15) is 0 Å². The molecular weight excluding hydrogens is 1160 g/mol.